The van der Waals surface area contributed by atoms with Crippen LogP contribution in [0.5, 0.6) is 0 Å². The summed E-state index contributed by atoms with van der Waals surface area (Å²) in [4.78, 5) is -0.0110. The third kappa shape index (κ3) is 3.85. The van der Waals surface area contributed by atoms with Gasteiger partial charge in [0, 0.05) is 12.2 Å². The molecule has 0 aromatic heterocycles. The normalized spacial score (nSPS) is 13.8. The van der Waals surface area contributed by atoms with Gasteiger partial charge < -0.3 is 10.8 Å². The largest absolute Gasteiger partial charge is 0.399 e. The molecule has 0 fully saturated rings. The molecule has 0 amide bonds. The zero-order valence-electron chi connectivity index (χ0n) is 10.5. The second-order valence-electron chi connectivity index (χ2n) is 4.24. The molecular formula is C11H16F2N2O3S. The van der Waals surface area contributed by atoms with Gasteiger partial charge in [-0.2, -0.15) is 0 Å². The van der Waals surface area contributed by atoms with E-state index in [-0.39, 0.29) is 4.90 Å². The molecule has 0 bridgehead atoms. The van der Waals surface area contributed by atoms with Gasteiger partial charge in [0.2, 0.25) is 10.0 Å². The summed E-state index contributed by atoms with van der Waals surface area (Å²) in [6, 6.07) is 2.95. The zero-order chi connectivity index (χ0) is 14.8. The number of aryl methyl sites for hydroxylation is 2. The summed E-state index contributed by atoms with van der Waals surface area (Å²) in [5.41, 5.74) is 6.82. The zero-order valence-corrected chi connectivity index (χ0v) is 11.3. The van der Waals surface area contributed by atoms with Crippen LogP contribution in [0.2, 0.25) is 0 Å². The van der Waals surface area contributed by atoms with Crippen LogP contribution in [0.25, 0.3) is 0 Å². The Morgan fingerprint density at radius 1 is 1.32 bits per heavy atom. The molecule has 0 aliphatic rings. The van der Waals surface area contributed by atoms with Crippen molar-refractivity contribution in [2.75, 3.05) is 12.3 Å². The number of alkyl halides is 2. The highest BCUT2D eigenvalue weighted by Crippen LogP contribution is 2.22. The van der Waals surface area contributed by atoms with E-state index in [2.05, 4.69) is 0 Å². The van der Waals surface area contributed by atoms with Gasteiger partial charge >= 0.3 is 0 Å². The first-order chi connectivity index (χ1) is 8.65. The molecule has 5 nitrogen and oxygen atoms in total. The summed E-state index contributed by atoms with van der Waals surface area (Å²) in [5, 5.41) is 8.92. The van der Waals surface area contributed by atoms with Gasteiger partial charge in [-0.15, -0.1) is 0 Å². The Morgan fingerprint density at radius 3 is 2.21 bits per heavy atom. The van der Waals surface area contributed by atoms with E-state index in [1.165, 1.54) is 12.1 Å². The standard InChI is InChI=1S/C11H16F2N2O3S/c1-6-3-8(14)4-7(2)10(6)19(17,18)15-5-9(16)11(12)13/h3-4,9,11,15-16H,5,14H2,1-2H3. The number of aliphatic hydroxyl groups excluding tert-OH is 1. The number of nitrogens with one attached hydrogen (secondary N) is 1. The minimum absolute atomic E-state index is 0.0110. The number of rotatable bonds is 5. The molecule has 1 aromatic rings. The van der Waals surface area contributed by atoms with Gasteiger partial charge in [0.05, 0.1) is 4.90 Å². The first-order valence-electron chi connectivity index (χ1n) is 5.47. The van der Waals surface area contributed by atoms with E-state index in [9.17, 15) is 17.2 Å². The molecular weight excluding hydrogens is 278 g/mol. The van der Waals surface area contributed by atoms with Crippen LogP contribution in [0.15, 0.2) is 17.0 Å². The van der Waals surface area contributed by atoms with Crippen LogP contribution in [0.4, 0.5) is 14.5 Å². The number of sulfonamides is 1. The number of hydrogen-bond donors (Lipinski definition) is 3. The molecule has 0 spiro atoms. The van der Waals surface area contributed by atoms with Crippen molar-refractivity contribution in [1.29, 1.82) is 0 Å². The summed E-state index contributed by atoms with van der Waals surface area (Å²) >= 11 is 0. The number of nitrogen functional groups attached to an aromatic ring is 1. The average Bonchev–Trinajstić information content (AvgIpc) is 2.23. The number of anilines is 1. The van der Waals surface area contributed by atoms with Crippen molar-refractivity contribution in [3.63, 3.8) is 0 Å². The minimum atomic E-state index is -3.97. The summed E-state index contributed by atoms with van der Waals surface area (Å²) in [6.07, 6.45) is -5.04. The van der Waals surface area contributed by atoms with Crippen molar-refractivity contribution in [3.8, 4) is 0 Å². The quantitative estimate of drug-likeness (QED) is 0.700. The first kappa shape index (κ1) is 15.8. The van der Waals surface area contributed by atoms with Crippen molar-refractivity contribution in [1.82, 2.24) is 4.72 Å². The molecule has 1 atom stereocenters. The Balaban J connectivity index is 3.02. The van der Waals surface area contributed by atoms with Crippen LogP contribution >= 0.6 is 0 Å². The lowest BCUT2D eigenvalue weighted by atomic mass is 10.1. The molecule has 1 unspecified atom stereocenters. The predicted molar refractivity (Wildman–Crippen MR) is 67.5 cm³/mol. The maximum absolute atomic E-state index is 12.1. The number of nitrogens with two attached hydrogens (primary N) is 1. The van der Waals surface area contributed by atoms with Gasteiger partial charge in [0.1, 0.15) is 6.10 Å². The number of hydrogen-bond acceptors (Lipinski definition) is 4. The maximum atomic E-state index is 12.1. The fraction of sp³-hybridized carbons (Fsp3) is 0.455. The fourth-order valence-corrected chi connectivity index (χ4v) is 3.26. The lowest BCUT2D eigenvalue weighted by Gasteiger charge is -2.15. The van der Waals surface area contributed by atoms with E-state index in [0.29, 0.717) is 16.8 Å². The number of halogens is 2. The van der Waals surface area contributed by atoms with Crippen LogP contribution in [-0.4, -0.2) is 32.6 Å². The molecule has 19 heavy (non-hydrogen) atoms. The Labute approximate surface area is 110 Å². The van der Waals surface area contributed by atoms with E-state index >= 15 is 0 Å². The van der Waals surface area contributed by atoms with Crippen LogP contribution < -0.4 is 10.5 Å². The molecule has 0 aliphatic heterocycles. The Hall–Kier alpha value is -1.25. The van der Waals surface area contributed by atoms with E-state index < -0.39 is 29.1 Å². The van der Waals surface area contributed by atoms with Gasteiger partial charge in [-0.1, -0.05) is 0 Å². The lowest BCUT2D eigenvalue weighted by Crippen LogP contribution is -2.36. The van der Waals surface area contributed by atoms with E-state index in [1.54, 1.807) is 13.8 Å². The van der Waals surface area contributed by atoms with Crippen LogP contribution in [-0.2, 0) is 10.0 Å². The van der Waals surface area contributed by atoms with Crippen molar-refractivity contribution < 1.29 is 22.3 Å². The number of aliphatic hydroxyl groups is 1. The molecule has 4 N–H and O–H groups in total. The maximum Gasteiger partial charge on any atom is 0.265 e. The highest BCUT2D eigenvalue weighted by molar-refractivity contribution is 7.89. The average molecular weight is 294 g/mol. The molecule has 1 aromatic carbocycles. The summed E-state index contributed by atoms with van der Waals surface area (Å²) < 4.78 is 50.2. The van der Waals surface area contributed by atoms with Gasteiger partial charge in [0.25, 0.3) is 6.43 Å². The van der Waals surface area contributed by atoms with Crippen LogP contribution in [0.1, 0.15) is 11.1 Å². The molecule has 0 radical (unpaired) electrons. The van der Waals surface area contributed by atoms with Gasteiger partial charge in [-0.25, -0.2) is 21.9 Å². The van der Waals surface area contributed by atoms with E-state index in [0.717, 1.165) is 0 Å². The molecule has 0 saturated heterocycles. The predicted octanol–water partition coefficient (Wildman–Crippen LogP) is 0.790. The first-order valence-corrected chi connectivity index (χ1v) is 6.96. The number of benzene rings is 1. The smallest absolute Gasteiger partial charge is 0.265 e. The highest BCUT2D eigenvalue weighted by Gasteiger charge is 2.23. The fourth-order valence-electron chi connectivity index (χ4n) is 1.76. The van der Waals surface area contributed by atoms with Crippen molar-refractivity contribution in [3.05, 3.63) is 23.3 Å². The monoisotopic (exact) mass is 294 g/mol. The molecule has 8 heteroatoms. The SMILES string of the molecule is Cc1cc(N)cc(C)c1S(=O)(=O)NCC(O)C(F)F. The third-order valence-corrected chi connectivity index (χ3v) is 4.25. The molecule has 0 aliphatic carbocycles. The van der Waals surface area contributed by atoms with Gasteiger partial charge in [-0.05, 0) is 37.1 Å². The molecule has 0 saturated carbocycles. The van der Waals surface area contributed by atoms with Gasteiger partial charge in [-0.3, -0.25) is 0 Å². The van der Waals surface area contributed by atoms with Crippen molar-refractivity contribution in [2.45, 2.75) is 31.3 Å². The minimum Gasteiger partial charge on any atom is -0.399 e. The van der Waals surface area contributed by atoms with E-state index in [4.69, 9.17) is 10.8 Å². The summed E-state index contributed by atoms with van der Waals surface area (Å²) in [5.74, 6) is 0. The second-order valence-corrected chi connectivity index (χ2v) is 5.94. The third-order valence-electron chi connectivity index (χ3n) is 2.52. The molecule has 108 valence electrons. The highest BCUT2D eigenvalue weighted by atomic mass is 32.2. The van der Waals surface area contributed by atoms with Crippen LogP contribution in [0, 0.1) is 13.8 Å². The topological polar surface area (TPSA) is 92.4 Å². The van der Waals surface area contributed by atoms with Gasteiger partial charge in [0.15, 0.2) is 0 Å². The second kappa shape index (κ2) is 5.81. The lowest BCUT2D eigenvalue weighted by molar-refractivity contribution is -0.000452. The van der Waals surface area contributed by atoms with E-state index in [1.807, 2.05) is 4.72 Å². The Bertz CT molecular complexity index is 538. The Kier molecular flexibility index (Phi) is 4.83. The van der Waals surface area contributed by atoms with Crippen LogP contribution in [0.3, 0.4) is 0 Å². The molecule has 1 rings (SSSR count). The summed E-state index contributed by atoms with van der Waals surface area (Å²) in [6.45, 7) is 2.37. The summed E-state index contributed by atoms with van der Waals surface area (Å²) in [7, 11) is -3.97. The Morgan fingerprint density at radius 2 is 1.79 bits per heavy atom. The molecule has 0 heterocycles. The van der Waals surface area contributed by atoms with Crippen molar-refractivity contribution >= 4 is 15.7 Å². The van der Waals surface area contributed by atoms with Crippen molar-refractivity contribution in [2.24, 2.45) is 0 Å².